The molecule has 0 aliphatic heterocycles. The molecule has 0 spiro atoms. The minimum atomic E-state index is -2.88. The Morgan fingerprint density at radius 2 is 2.06 bits per heavy atom. The predicted octanol–water partition coefficient (Wildman–Crippen LogP) is 2.97. The molecule has 0 bridgehead atoms. The number of benzene rings is 1. The highest BCUT2D eigenvalue weighted by Crippen LogP contribution is 2.29. The number of ether oxygens (including phenoxy) is 1. The van der Waals surface area contributed by atoms with Crippen LogP contribution in [0.15, 0.2) is 18.2 Å². The third-order valence-corrected chi connectivity index (χ3v) is 2.70. The van der Waals surface area contributed by atoms with E-state index in [9.17, 15) is 8.78 Å². The van der Waals surface area contributed by atoms with Crippen molar-refractivity contribution in [3.8, 4) is 5.75 Å². The van der Waals surface area contributed by atoms with Crippen molar-refractivity contribution in [2.24, 2.45) is 0 Å². The number of alkyl halides is 2. The highest BCUT2D eigenvalue weighted by Gasteiger charge is 2.16. The molecule has 0 amide bonds. The van der Waals surface area contributed by atoms with Crippen molar-refractivity contribution in [3.63, 3.8) is 0 Å². The van der Waals surface area contributed by atoms with Gasteiger partial charge in [-0.15, -0.1) is 0 Å². The summed E-state index contributed by atoms with van der Waals surface area (Å²) < 4.78 is 29.0. The van der Waals surface area contributed by atoms with Gasteiger partial charge in [0.15, 0.2) is 0 Å². The molecule has 6 heteroatoms. The zero-order valence-electron chi connectivity index (χ0n) is 10.2. The van der Waals surface area contributed by atoms with Crippen molar-refractivity contribution in [1.82, 2.24) is 5.32 Å². The van der Waals surface area contributed by atoms with Crippen LogP contribution >= 0.6 is 11.6 Å². The Hall–Kier alpha value is -0.910. The maximum Gasteiger partial charge on any atom is 0.387 e. The van der Waals surface area contributed by atoms with E-state index in [1.165, 1.54) is 12.1 Å². The van der Waals surface area contributed by atoms with Crippen LogP contribution in [0, 0.1) is 0 Å². The molecule has 0 saturated carbocycles. The van der Waals surface area contributed by atoms with E-state index in [0.717, 1.165) is 0 Å². The molecule has 0 saturated heterocycles. The highest BCUT2D eigenvalue weighted by atomic mass is 35.5. The fourth-order valence-corrected chi connectivity index (χ4v) is 1.81. The number of halogens is 3. The van der Waals surface area contributed by atoms with Crippen LogP contribution in [0.3, 0.4) is 0 Å². The number of aliphatic hydroxyl groups is 1. The molecule has 2 N–H and O–H groups in total. The summed E-state index contributed by atoms with van der Waals surface area (Å²) in [6, 6.07) is 4.05. The number of hydrogen-bond acceptors (Lipinski definition) is 3. The first-order valence-electron chi connectivity index (χ1n) is 5.55. The highest BCUT2D eigenvalue weighted by molar-refractivity contribution is 6.30. The Morgan fingerprint density at radius 3 is 2.61 bits per heavy atom. The summed E-state index contributed by atoms with van der Waals surface area (Å²) in [5, 5.41) is 12.5. The van der Waals surface area contributed by atoms with Gasteiger partial charge in [0, 0.05) is 22.7 Å². The smallest absolute Gasteiger partial charge is 0.387 e. The molecule has 3 nitrogen and oxygen atoms in total. The summed E-state index contributed by atoms with van der Waals surface area (Å²) in [5.41, 5.74) is 0.531. The number of nitrogens with one attached hydrogen (secondary N) is 1. The molecule has 0 radical (unpaired) electrons. The van der Waals surface area contributed by atoms with Gasteiger partial charge in [0.1, 0.15) is 5.75 Å². The normalized spacial score (nSPS) is 14.6. The molecule has 2 atom stereocenters. The average Bonchev–Trinajstić information content (AvgIpc) is 2.30. The fraction of sp³-hybridized carbons (Fsp3) is 0.500. The number of hydrogen-bond donors (Lipinski definition) is 2. The van der Waals surface area contributed by atoms with E-state index >= 15 is 0 Å². The molecule has 102 valence electrons. The van der Waals surface area contributed by atoms with E-state index in [4.69, 9.17) is 16.7 Å². The van der Waals surface area contributed by atoms with E-state index in [-0.39, 0.29) is 24.4 Å². The van der Waals surface area contributed by atoms with Crippen molar-refractivity contribution in [2.45, 2.75) is 32.5 Å². The van der Waals surface area contributed by atoms with Gasteiger partial charge in [0.05, 0.1) is 6.61 Å². The molecule has 1 rings (SSSR count). The van der Waals surface area contributed by atoms with E-state index in [1.54, 1.807) is 19.9 Å². The molecule has 0 aliphatic rings. The molecule has 0 fully saturated rings. The van der Waals surface area contributed by atoms with E-state index in [1.807, 2.05) is 0 Å². The second-order valence-corrected chi connectivity index (χ2v) is 4.47. The van der Waals surface area contributed by atoms with Gasteiger partial charge in [-0.2, -0.15) is 8.78 Å². The predicted molar refractivity (Wildman–Crippen MR) is 66.2 cm³/mol. The summed E-state index contributed by atoms with van der Waals surface area (Å²) in [6.07, 6.45) is 0. The van der Waals surface area contributed by atoms with E-state index in [0.29, 0.717) is 10.6 Å². The van der Waals surface area contributed by atoms with Crippen LogP contribution in [0.25, 0.3) is 0 Å². The molecule has 0 aliphatic carbocycles. The van der Waals surface area contributed by atoms with Gasteiger partial charge < -0.3 is 15.2 Å². The van der Waals surface area contributed by atoms with Crippen LogP contribution in [0.5, 0.6) is 5.75 Å². The zero-order valence-corrected chi connectivity index (χ0v) is 10.9. The minimum Gasteiger partial charge on any atom is -0.434 e. The molecule has 1 aromatic rings. The lowest BCUT2D eigenvalue weighted by Gasteiger charge is -2.21. The Morgan fingerprint density at radius 1 is 1.39 bits per heavy atom. The average molecular weight is 280 g/mol. The third-order valence-electron chi connectivity index (χ3n) is 2.46. The Kier molecular flexibility index (Phi) is 5.78. The molecular weight excluding hydrogens is 264 g/mol. The van der Waals surface area contributed by atoms with Gasteiger partial charge >= 0.3 is 6.61 Å². The summed E-state index contributed by atoms with van der Waals surface area (Å²) >= 11 is 5.85. The van der Waals surface area contributed by atoms with Gasteiger partial charge in [-0.3, -0.25) is 0 Å². The molecule has 0 heterocycles. The summed E-state index contributed by atoms with van der Waals surface area (Å²) in [7, 11) is 0. The monoisotopic (exact) mass is 279 g/mol. The minimum absolute atomic E-state index is 0.0457. The van der Waals surface area contributed by atoms with Crippen molar-refractivity contribution in [3.05, 3.63) is 28.8 Å². The number of aliphatic hydroxyl groups excluding tert-OH is 1. The lowest BCUT2D eigenvalue weighted by Crippen LogP contribution is -2.32. The second-order valence-electron chi connectivity index (χ2n) is 4.03. The van der Waals surface area contributed by atoms with Crippen LogP contribution in [0.2, 0.25) is 5.02 Å². The van der Waals surface area contributed by atoms with Crippen molar-refractivity contribution >= 4 is 11.6 Å². The summed E-state index contributed by atoms with van der Waals surface area (Å²) in [4.78, 5) is 0. The SMILES string of the molecule is CC(CO)NC(C)c1cc(Cl)ccc1OC(F)F. The molecule has 1 aromatic carbocycles. The zero-order chi connectivity index (χ0) is 13.7. The topological polar surface area (TPSA) is 41.5 Å². The Balaban J connectivity index is 2.93. The molecule has 0 aromatic heterocycles. The van der Waals surface area contributed by atoms with Gasteiger partial charge in [0.25, 0.3) is 0 Å². The van der Waals surface area contributed by atoms with E-state index in [2.05, 4.69) is 10.1 Å². The molecule has 18 heavy (non-hydrogen) atoms. The standard InChI is InChI=1S/C12H16ClF2NO2/c1-7(6-17)16-8(2)10-5-9(13)3-4-11(10)18-12(14)15/h3-5,7-8,12,16-17H,6H2,1-2H3. The quantitative estimate of drug-likeness (QED) is 0.841. The van der Waals surface area contributed by atoms with Gasteiger partial charge in [-0.1, -0.05) is 11.6 Å². The molecule has 2 unspecified atom stereocenters. The van der Waals surface area contributed by atoms with Crippen LogP contribution in [0.4, 0.5) is 8.78 Å². The van der Waals surface area contributed by atoms with Crippen LogP contribution in [-0.2, 0) is 0 Å². The first-order chi connectivity index (χ1) is 8.43. The Labute approximate surface area is 110 Å². The summed E-state index contributed by atoms with van der Waals surface area (Å²) in [5.74, 6) is 0.0829. The van der Waals surface area contributed by atoms with Crippen molar-refractivity contribution < 1.29 is 18.6 Å². The second kappa shape index (κ2) is 6.87. The largest absolute Gasteiger partial charge is 0.434 e. The Bertz CT molecular complexity index is 390. The van der Waals surface area contributed by atoms with Crippen LogP contribution in [0.1, 0.15) is 25.5 Å². The summed E-state index contributed by atoms with van der Waals surface area (Å²) in [6.45, 7) is 0.647. The van der Waals surface area contributed by atoms with Gasteiger partial charge in [-0.05, 0) is 32.0 Å². The van der Waals surface area contributed by atoms with Crippen LogP contribution < -0.4 is 10.1 Å². The molecular formula is C12H16ClF2NO2. The van der Waals surface area contributed by atoms with Gasteiger partial charge in [-0.25, -0.2) is 0 Å². The van der Waals surface area contributed by atoms with Crippen molar-refractivity contribution in [1.29, 1.82) is 0 Å². The number of rotatable bonds is 6. The van der Waals surface area contributed by atoms with Gasteiger partial charge in [0.2, 0.25) is 0 Å². The first-order valence-corrected chi connectivity index (χ1v) is 5.93. The lowest BCUT2D eigenvalue weighted by atomic mass is 10.1. The van der Waals surface area contributed by atoms with Crippen LogP contribution in [-0.4, -0.2) is 24.4 Å². The van der Waals surface area contributed by atoms with Crippen molar-refractivity contribution in [2.75, 3.05) is 6.61 Å². The maximum absolute atomic E-state index is 12.3. The third kappa shape index (κ3) is 4.40. The lowest BCUT2D eigenvalue weighted by molar-refractivity contribution is -0.0507. The first kappa shape index (κ1) is 15.1. The fourth-order valence-electron chi connectivity index (χ4n) is 1.63. The maximum atomic E-state index is 12.3. The van der Waals surface area contributed by atoms with E-state index < -0.39 is 6.61 Å².